The monoisotopic (exact) mass is 262 g/mol. The second-order valence-electron chi connectivity index (χ2n) is 5.54. The van der Waals surface area contributed by atoms with Gasteiger partial charge in [-0.05, 0) is 25.2 Å². The van der Waals surface area contributed by atoms with Crippen LogP contribution in [0, 0.1) is 5.92 Å². The van der Waals surface area contributed by atoms with Crippen molar-refractivity contribution in [3.8, 4) is 0 Å². The molecule has 0 aromatic carbocycles. The van der Waals surface area contributed by atoms with Gasteiger partial charge in [-0.15, -0.1) is 0 Å². The molecule has 4 nitrogen and oxygen atoms in total. The molecule has 1 unspecified atom stereocenters. The van der Waals surface area contributed by atoms with Crippen LogP contribution < -0.4 is 10.5 Å². The predicted octanol–water partition coefficient (Wildman–Crippen LogP) is 1.61. The van der Waals surface area contributed by atoms with Crippen molar-refractivity contribution in [1.29, 1.82) is 0 Å². The van der Waals surface area contributed by atoms with E-state index in [4.69, 9.17) is 5.73 Å². The van der Waals surface area contributed by atoms with Crippen LogP contribution in [-0.2, 0) is 10.0 Å². The molecule has 1 aliphatic carbocycles. The summed E-state index contributed by atoms with van der Waals surface area (Å²) in [6.07, 6.45) is 5.68. The summed E-state index contributed by atoms with van der Waals surface area (Å²) in [6, 6.07) is -0.0756. The van der Waals surface area contributed by atoms with E-state index in [1.165, 1.54) is 6.42 Å². The largest absolute Gasteiger partial charge is 0.327 e. The molecule has 0 spiro atoms. The highest BCUT2D eigenvalue weighted by molar-refractivity contribution is 7.90. The third-order valence-electron chi connectivity index (χ3n) is 3.31. The third kappa shape index (κ3) is 5.36. The third-order valence-corrected chi connectivity index (χ3v) is 5.23. The molecule has 1 atom stereocenters. The Kier molecular flexibility index (Phi) is 5.89. The van der Waals surface area contributed by atoms with E-state index in [0.29, 0.717) is 12.5 Å². The van der Waals surface area contributed by atoms with E-state index >= 15 is 0 Å². The van der Waals surface area contributed by atoms with Gasteiger partial charge in [-0.2, -0.15) is 0 Å². The van der Waals surface area contributed by atoms with Gasteiger partial charge in [0.15, 0.2) is 0 Å². The molecule has 0 saturated heterocycles. The van der Waals surface area contributed by atoms with Crippen LogP contribution in [0.25, 0.3) is 0 Å². The molecule has 0 amide bonds. The first-order valence-electron chi connectivity index (χ1n) is 6.66. The summed E-state index contributed by atoms with van der Waals surface area (Å²) in [5.41, 5.74) is 5.88. The number of nitrogens with two attached hydrogens (primary N) is 1. The van der Waals surface area contributed by atoms with E-state index in [9.17, 15) is 8.42 Å². The maximum Gasteiger partial charge on any atom is 0.214 e. The summed E-state index contributed by atoms with van der Waals surface area (Å²) in [5, 5.41) is -0.192. The van der Waals surface area contributed by atoms with E-state index in [1.807, 2.05) is 0 Å². The molecular weight excluding hydrogens is 236 g/mol. The first kappa shape index (κ1) is 14.9. The summed E-state index contributed by atoms with van der Waals surface area (Å²) in [5.74, 6) is 0.504. The fourth-order valence-corrected chi connectivity index (χ4v) is 4.04. The molecule has 1 rings (SSSR count). The van der Waals surface area contributed by atoms with Gasteiger partial charge >= 0.3 is 0 Å². The van der Waals surface area contributed by atoms with Crippen molar-refractivity contribution < 1.29 is 8.42 Å². The van der Waals surface area contributed by atoms with Crippen LogP contribution in [0.3, 0.4) is 0 Å². The fraction of sp³-hybridized carbons (Fsp3) is 1.00. The smallest absolute Gasteiger partial charge is 0.214 e. The number of hydrogen-bond donors (Lipinski definition) is 2. The topological polar surface area (TPSA) is 72.2 Å². The number of hydrogen-bond acceptors (Lipinski definition) is 3. The van der Waals surface area contributed by atoms with Gasteiger partial charge in [0, 0.05) is 12.6 Å². The van der Waals surface area contributed by atoms with Gasteiger partial charge in [-0.1, -0.05) is 33.1 Å². The lowest BCUT2D eigenvalue weighted by Gasteiger charge is -2.23. The fourth-order valence-electron chi connectivity index (χ4n) is 2.41. The highest BCUT2D eigenvalue weighted by Crippen LogP contribution is 2.22. The summed E-state index contributed by atoms with van der Waals surface area (Å²) >= 11 is 0. The average molecular weight is 262 g/mol. The van der Waals surface area contributed by atoms with Crippen LogP contribution in [0.15, 0.2) is 0 Å². The maximum absolute atomic E-state index is 12.0. The molecule has 0 aliphatic heterocycles. The molecule has 0 heterocycles. The van der Waals surface area contributed by atoms with Crippen LogP contribution in [0.4, 0.5) is 0 Å². The molecule has 17 heavy (non-hydrogen) atoms. The van der Waals surface area contributed by atoms with Gasteiger partial charge in [0.2, 0.25) is 10.0 Å². The standard InChI is InChI=1S/C12H26N2O2S/c1-10(2)8-11(13)9-14-17(15,16)12-6-4-3-5-7-12/h10-12,14H,3-9,13H2,1-2H3. The number of nitrogens with one attached hydrogen (secondary N) is 1. The molecule has 0 aromatic heterocycles. The second-order valence-corrected chi connectivity index (χ2v) is 7.59. The minimum Gasteiger partial charge on any atom is -0.327 e. The van der Waals surface area contributed by atoms with Gasteiger partial charge in [0.05, 0.1) is 5.25 Å². The quantitative estimate of drug-likeness (QED) is 0.764. The molecule has 1 aliphatic rings. The van der Waals surface area contributed by atoms with E-state index in [0.717, 1.165) is 32.1 Å². The van der Waals surface area contributed by atoms with Crippen LogP contribution >= 0.6 is 0 Å². The van der Waals surface area contributed by atoms with Crippen molar-refractivity contribution in [3.05, 3.63) is 0 Å². The zero-order chi connectivity index (χ0) is 12.9. The highest BCUT2D eigenvalue weighted by Gasteiger charge is 2.27. The average Bonchev–Trinajstić information content (AvgIpc) is 2.27. The molecule has 0 bridgehead atoms. The Morgan fingerprint density at radius 2 is 1.82 bits per heavy atom. The van der Waals surface area contributed by atoms with Gasteiger partial charge < -0.3 is 5.73 Å². The van der Waals surface area contributed by atoms with Crippen molar-refractivity contribution >= 4 is 10.0 Å². The molecule has 1 saturated carbocycles. The number of rotatable bonds is 6. The van der Waals surface area contributed by atoms with Crippen LogP contribution in [-0.4, -0.2) is 26.3 Å². The van der Waals surface area contributed by atoms with Gasteiger partial charge in [0.1, 0.15) is 0 Å². The van der Waals surface area contributed by atoms with E-state index in [1.54, 1.807) is 0 Å². The first-order valence-corrected chi connectivity index (χ1v) is 8.20. The Morgan fingerprint density at radius 3 is 2.35 bits per heavy atom. The molecule has 102 valence electrons. The molecule has 5 heteroatoms. The van der Waals surface area contributed by atoms with E-state index < -0.39 is 10.0 Å². The predicted molar refractivity (Wildman–Crippen MR) is 71.2 cm³/mol. The van der Waals surface area contributed by atoms with E-state index in [2.05, 4.69) is 18.6 Å². The highest BCUT2D eigenvalue weighted by atomic mass is 32.2. The molecule has 0 aromatic rings. The molecule has 0 radical (unpaired) electrons. The summed E-state index contributed by atoms with van der Waals surface area (Å²) < 4.78 is 26.7. The molecule has 1 fully saturated rings. The SMILES string of the molecule is CC(C)CC(N)CNS(=O)(=O)C1CCCCC1. The van der Waals surface area contributed by atoms with Crippen LogP contribution in [0.5, 0.6) is 0 Å². The Labute approximate surface area is 105 Å². The minimum absolute atomic E-state index is 0.0756. The Hall–Kier alpha value is -0.130. The number of sulfonamides is 1. The Balaban J connectivity index is 2.38. The van der Waals surface area contributed by atoms with Gasteiger partial charge in [-0.3, -0.25) is 0 Å². The zero-order valence-corrected chi connectivity index (χ0v) is 11.8. The Bertz CT molecular complexity index is 308. The Morgan fingerprint density at radius 1 is 1.24 bits per heavy atom. The normalized spacial score (nSPS) is 20.7. The lowest BCUT2D eigenvalue weighted by molar-refractivity contribution is 0.463. The lowest BCUT2D eigenvalue weighted by atomic mass is 10.0. The molecular formula is C12H26N2O2S. The molecule has 3 N–H and O–H groups in total. The van der Waals surface area contributed by atoms with E-state index in [-0.39, 0.29) is 11.3 Å². The summed E-state index contributed by atoms with van der Waals surface area (Å²) in [6.45, 7) is 4.56. The zero-order valence-electron chi connectivity index (χ0n) is 11.0. The van der Waals surface area contributed by atoms with Crippen molar-refractivity contribution in [3.63, 3.8) is 0 Å². The summed E-state index contributed by atoms with van der Waals surface area (Å²) in [7, 11) is -3.14. The first-order chi connectivity index (χ1) is 7.92. The van der Waals surface area contributed by atoms with Crippen LogP contribution in [0.1, 0.15) is 52.4 Å². The van der Waals surface area contributed by atoms with Gasteiger partial charge in [0.25, 0.3) is 0 Å². The van der Waals surface area contributed by atoms with Crippen molar-refractivity contribution in [1.82, 2.24) is 4.72 Å². The van der Waals surface area contributed by atoms with Crippen molar-refractivity contribution in [2.75, 3.05) is 6.54 Å². The maximum atomic E-state index is 12.0. The minimum atomic E-state index is -3.14. The van der Waals surface area contributed by atoms with Crippen LogP contribution in [0.2, 0.25) is 0 Å². The summed E-state index contributed by atoms with van der Waals surface area (Å²) in [4.78, 5) is 0. The second kappa shape index (κ2) is 6.71. The van der Waals surface area contributed by atoms with Gasteiger partial charge in [-0.25, -0.2) is 13.1 Å². The lowest BCUT2D eigenvalue weighted by Crippen LogP contribution is -2.42. The van der Waals surface area contributed by atoms with Crippen molar-refractivity contribution in [2.24, 2.45) is 11.7 Å². The van der Waals surface area contributed by atoms with Crippen molar-refractivity contribution in [2.45, 2.75) is 63.7 Å².